The number of rotatable bonds is 3. The summed E-state index contributed by atoms with van der Waals surface area (Å²) >= 11 is 0. The van der Waals surface area contributed by atoms with Crippen LogP contribution in [0.3, 0.4) is 0 Å². The summed E-state index contributed by atoms with van der Waals surface area (Å²) in [6.45, 7) is 0.654. The lowest BCUT2D eigenvalue weighted by molar-refractivity contribution is 0.00862. The van der Waals surface area contributed by atoms with Crippen LogP contribution in [0, 0.1) is 0 Å². The molecule has 4 unspecified atom stereocenters. The number of fused-ring (bicyclic) bond motifs is 1. The quantitative estimate of drug-likeness (QED) is 0.807. The number of aliphatic hydroxyl groups is 1. The summed E-state index contributed by atoms with van der Waals surface area (Å²) < 4.78 is 21.4. The van der Waals surface area contributed by atoms with Crippen molar-refractivity contribution in [3.05, 3.63) is 29.8 Å². The first-order valence-corrected chi connectivity index (χ1v) is 6.45. The normalized spacial score (nSPS) is 31.9. The first-order valence-electron chi connectivity index (χ1n) is 6.45. The van der Waals surface area contributed by atoms with E-state index < -0.39 is 6.10 Å². The molecule has 2 saturated heterocycles. The van der Waals surface area contributed by atoms with Gasteiger partial charge >= 0.3 is 5.97 Å². The lowest BCUT2D eigenvalue weighted by Gasteiger charge is -2.17. The third-order valence-corrected chi connectivity index (χ3v) is 3.54. The largest absolute Gasteiger partial charge is 0.485 e. The van der Waals surface area contributed by atoms with Crippen molar-refractivity contribution in [1.29, 1.82) is 0 Å². The molecule has 20 heavy (non-hydrogen) atoms. The number of hydrogen-bond acceptors (Lipinski definition) is 6. The molecule has 4 atom stereocenters. The number of carbonyl (C=O) groups excluding carboxylic acids is 1. The van der Waals surface area contributed by atoms with E-state index in [4.69, 9.17) is 14.2 Å². The molecule has 1 N–H and O–H groups in total. The molecule has 0 aromatic heterocycles. The maximum atomic E-state index is 11.3. The van der Waals surface area contributed by atoms with Gasteiger partial charge in [0.15, 0.2) is 6.10 Å². The van der Waals surface area contributed by atoms with E-state index in [9.17, 15) is 9.90 Å². The van der Waals surface area contributed by atoms with Gasteiger partial charge in [-0.05, 0) is 24.3 Å². The molecule has 0 radical (unpaired) electrons. The Bertz CT molecular complexity index is 485. The fourth-order valence-electron chi connectivity index (χ4n) is 2.51. The van der Waals surface area contributed by atoms with Crippen LogP contribution in [0.5, 0.6) is 5.75 Å². The second kappa shape index (κ2) is 5.40. The Labute approximate surface area is 116 Å². The molecule has 6 heteroatoms. The van der Waals surface area contributed by atoms with Gasteiger partial charge in [-0.3, -0.25) is 0 Å². The van der Waals surface area contributed by atoms with Gasteiger partial charge < -0.3 is 24.1 Å². The third-order valence-electron chi connectivity index (χ3n) is 3.54. The highest BCUT2D eigenvalue weighted by Crippen LogP contribution is 2.29. The summed E-state index contributed by atoms with van der Waals surface area (Å²) in [6, 6.07) is 6.67. The van der Waals surface area contributed by atoms with Gasteiger partial charge in [0.25, 0.3) is 0 Å². The van der Waals surface area contributed by atoms with Crippen molar-refractivity contribution in [3.8, 4) is 5.75 Å². The molecule has 6 nitrogen and oxygen atoms in total. The molecule has 0 amide bonds. The molecule has 0 spiro atoms. The Morgan fingerprint density at radius 1 is 1.20 bits per heavy atom. The number of esters is 1. The van der Waals surface area contributed by atoms with E-state index in [1.165, 1.54) is 7.11 Å². The number of methoxy groups -OCH3 is 1. The predicted octanol–water partition coefficient (Wildman–Crippen LogP) is 0.379. The molecule has 2 fully saturated rings. The lowest BCUT2D eigenvalue weighted by Crippen LogP contribution is -2.34. The number of hydrogen-bond donors (Lipinski definition) is 1. The van der Waals surface area contributed by atoms with Crippen LogP contribution in [0.4, 0.5) is 0 Å². The van der Waals surface area contributed by atoms with Crippen molar-refractivity contribution in [2.45, 2.75) is 24.4 Å². The molecule has 2 aliphatic rings. The zero-order valence-electron chi connectivity index (χ0n) is 11.0. The Morgan fingerprint density at radius 3 is 2.60 bits per heavy atom. The molecule has 2 aliphatic heterocycles. The SMILES string of the molecule is COC(=O)c1ccc(OC2COC3C(O)COC23)cc1. The zero-order valence-corrected chi connectivity index (χ0v) is 11.0. The highest BCUT2D eigenvalue weighted by atomic mass is 16.6. The summed E-state index contributed by atoms with van der Waals surface area (Å²) in [5.74, 6) is 0.236. The smallest absolute Gasteiger partial charge is 0.337 e. The van der Waals surface area contributed by atoms with Gasteiger partial charge in [-0.1, -0.05) is 0 Å². The van der Waals surface area contributed by atoms with Gasteiger partial charge in [-0.2, -0.15) is 0 Å². The van der Waals surface area contributed by atoms with Gasteiger partial charge in [-0.25, -0.2) is 4.79 Å². The maximum Gasteiger partial charge on any atom is 0.337 e. The Kier molecular flexibility index (Phi) is 3.60. The summed E-state index contributed by atoms with van der Waals surface area (Å²) in [4.78, 5) is 11.3. The van der Waals surface area contributed by atoms with Crippen LogP contribution < -0.4 is 4.74 Å². The van der Waals surface area contributed by atoms with Gasteiger partial charge in [0.2, 0.25) is 0 Å². The summed E-state index contributed by atoms with van der Waals surface area (Å²) in [5, 5.41) is 9.65. The van der Waals surface area contributed by atoms with E-state index in [1.54, 1.807) is 24.3 Å². The average molecular weight is 280 g/mol. The molecule has 108 valence electrons. The van der Waals surface area contributed by atoms with Crippen molar-refractivity contribution >= 4 is 5.97 Å². The highest BCUT2D eigenvalue weighted by molar-refractivity contribution is 5.89. The first-order chi connectivity index (χ1) is 9.69. The first kappa shape index (κ1) is 13.4. The van der Waals surface area contributed by atoms with E-state index in [1.807, 2.05) is 0 Å². The Hall–Kier alpha value is -1.63. The van der Waals surface area contributed by atoms with E-state index in [0.29, 0.717) is 17.9 Å². The minimum Gasteiger partial charge on any atom is -0.485 e. The number of aliphatic hydroxyl groups excluding tert-OH is 1. The molecular weight excluding hydrogens is 264 g/mol. The zero-order chi connectivity index (χ0) is 14.1. The Morgan fingerprint density at radius 2 is 1.90 bits per heavy atom. The summed E-state index contributed by atoms with van der Waals surface area (Å²) in [7, 11) is 1.34. The summed E-state index contributed by atoms with van der Waals surface area (Å²) in [6.07, 6.45) is -1.39. The van der Waals surface area contributed by atoms with Crippen LogP contribution in [0.15, 0.2) is 24.3 Å². The molecule has 2 heterocycles. The number of ether oxygens (including phenoxy) is 4. The van der Waals surface area contributed by atoms with Crippen molar-refractivity contribution < 1.29 is 28.8 Å². The van der Waals surface area contributed by atoms with E-state index in [-0.39, 0.29) is 30.9 Å². The van der Waals surface area contributed by atoms with Crippen LogP contribution >= 0.6 is 0 Å². The van der Waals surface area contributed by atoms with E-state index >= 15 is 0 Å². The molecule has 0 saturated carbocycles. The van der Waals surface area contributed by atoms with Crippen molar-refractivity contribution in [2.24, 2.45) is 0 Å². The monoisotopic (exact) mass is 280 g/mol. The fourth-order valence-corrected chi connectivity index (χ4v) is 2.51. The van der Waals surface area contributed by atoms with Crippen LogP contribution in [0.2, 0.25) is 0 Å². The topological polar surface area (TPSA) is 74.2 Å². The van der Waals surface area contributed by atoms with E-state index in [0.717, 1.165) is 0 Å². The van der Waals surface area contributed by atoms with Crippen LogP contribution in [-0.4, -0.2) is 55.8 Å². The van der Waals surface area contributed by atoms with Crippen LogP contribution in [0.25, 0.3) is 0 Å². The molecular formula is C14H16O6. The summed E-state index contributed by atoms with van der Waals surface area (Å²) in [5.41, 5.74) is 0.466. The van der Waals surface area contributed by atoms with Crippen LogP contribution in [-0.2, 0) is 14.2 Å². The van der Waals surface area contributed by atoms with Gasteiger partial charge in [0, 0.05) is 0 Å². The molecule has 0 aliphatic carbocycles. The van der Waals surface area contributed by atoms with Crippen molar-refractivity contribution in [2.75, 3.05) is 20.3 Å². The van der Waals surface area contributed by atoms with E-state index in [2.05, 4.69) is 4.74 Å². The predicted molar refractivity (Wildman–Crippen MR) is 67.7 cm³/mol. The third kappa shape index (κ3) is 2.37. The van der Waals surface area contributed by atoms with Gasteiger partial charge in [0.1, 0.15) is 24.1 Å². The van der Waals surface area contributed by atoms with Crippen molar-refractivity contribution in [3.63, 3.8) is 0 Å². The Balaban J connectivity index is 1.65. The van der Waals surface area contributed by atoms with Gasteiger partial charge in [0.05, 0.1) is 25.9 Å². The number of benzene rings is 1. The molecule has 1 aromatic rings. The minimum atomic E-state index is -0.588. The van der Waals surface area contributed by atoms with Crippen molar-refractivity contribution in [1.82, 2.24) is 0 Å². The minimum absolute atomic E-state index is 0.245. The van der Waals surface area contributed by atoms with Gasteiger partial charge in [-0.15, -0.1) is 0 Å². The fraction of sp³-hybridized carbons (Fsp3) is 0.500. The average Bonchev–Trinajstić information content (AvgIpc) is 3.03. The highest BCUT2D eigenvalue weighted by Gasteiger charge is 2.48. The molecule has 3 rings (SSSR count). The second-order valence-electron chi connectivity index (χ2n) is 4.84. The second-order valence-corrected chi connectivity index (χ2v) is 4.84. The maximum absolute atomic E-state index is 11.3. The number of carbonyl (C=O) groups is 1. The van der Waals surface area contributed by atoms with Crippen LogP contribution in [0.1, 0.15) is 10.4 Å². The standard InChI is InChI=1S/C14H16O6/c1-17-14(16)8-2-4-9(5-3-8)20-11-7-19-12-10(15)6-18-13(11)12/h2-5,10-13,15H,6-7H2,1H3. The lowest BCUT2D eigenvalue weighted by atomic mass is 10.1. The molecule has 1 aromatic carbocycles. The molecule has 0 bridgehead atoms.